The molecule has 2 rings (SSSR count). The van der Waals surface area contributed by atoms with E-state index in [1.54, 1.807) is 24.7 Å². The van der Waals surface area contributed by atoms with E-state index in [0.29, 0.717) is 11.3 Å². The normalized spacial score (nSPS) is 9.87. The van der Waals surface area contributed by atoms with Crippen molar-refractivity contribution in [2.45, 2.75) is 0 Å². The number of aliphatic hydroxyl groups excluding tert-OH is 1. The third-order valence-electron chi connectivity index (χ3n) is 2.00. The van der Waals surface area contributed by atoms with Crippen LogP contribution in [0.25, 0.3) is 11.3 Å². The number of aromatic nitrogens is 2. The molecule has 15 heavy (non-hydrogen) atoms. The van der Waals surface area contributed by atoms with Gasteiger partial charge in [-0.05, 0) is 18.3 Å². The minimum absolute atomic E-state index is 0.128. The number of thiocarbonyl (C=S) groups is 1. The molecule has 1 N–H and O–H groups in total. The lowest BCUT2D eigenvalue weighted by atomic mass is 10.1. The zero-order valence-electron chi connectivity index (χ0n) is 7.79. The minimum atomic E-state index is -0.128. The van der Waals surface area contributed by atoms with Gasteiger partial charge in [-0.1, -0.05) is 18.2 Å². The molecule has 1 aromatic heterocycles. The molecule has 0 spiro atoms. The van der Waals surface area contributed by atoms with Crippen LogP contribution in [-0.4, -0.2) is 20.1 Å². The summed E-state index contributed by atoms with van der Waals surface area (Å²) < 4.78 is 0. The van der Waals surface area contributed by atoms with Crippen LogP contribution in [0.15, 0.2) is 42.9 Å². The van der Waals surface area contributed by atoms with Gasteiger partial charge in [-0.3, -0.25) is 9.97 Å². The van der Waals surface area contributed by atoms with Crippen molar-refractivity contribution >= 4 is 17.3 Å². The number of rotatable bonds is 2. The van der Waals surface area contributed by atoms with Crippen LogP contribution in [0.3, 0.4) is 0 Å². The zero-order valence-corrected chi connectivity index (χ0v) is 8.61. The van der Waals surface area contributed by atoms with Crippen LogP contribution in [0.1, 0.15) is 5.56 Å². The molecule has 0 atom stereocenters. The average Bonchev–Trinajstić information content (AvgIpc) is 2.30. The Labute approximate surface area is 92.4 Å². The maximum absolute atomic E-state index is 9.35. The van der Waals surface area contributed by atoms with Crippen molar-refractivity contribution in [1.29, 1.82) is 0 Å². The smallest absolute Gasteiger partial charge is 0.189 e. The fraction of sp³-hybridized carbons (Fsp3) is 0. The molecule has 0 saturated carbocycles. The van der Waals surface area contributed by atoms with Gasteiger partial charge in [0.15, 0.2) is 5.05 Å². The minimum Gasteiger partial charge on any atom is -0.499 e. The van der Waals surface area contributed by atoms with E-state index < -0.39 is 0 Å². The lowest BCUT2D eigenvalue weighted by Gasteiger charge is -2.05. The Balaban J connectivity index is 2.58. The Bertz CT molecular complexity index is 485. The van der Waals surface area contributed by atoms with Crippen molar-refractivity contribution in [2.75, 3.05) is 0 Å². The molecule has 1 aromatic carbocycles. The highest BCUT2D eigenvalue weighted by Gasteiger charge is 2.08. The van der Waals surface area contributed by atoms with Crippen molar-refractivity contribution in [3.8, 4) is 11.3 Å². The van der Waals surface area contributed by atoms with Crippen LogP contribution in [0.4, 0.5) is 0 Å². The van der Waals surface area contributed by atoms with Crippen molar-refractivity contribution < 1.29 is 5.11 Å². The Morgan fingerprint density at radius 3 is 2.67 bits per heavy atom. The van der Waals surface area contributed by atoms with Crippen LogP contribution in [0, 0.1) is 0 Å². The van der Waals surface area contributed by atoms with E-state index >= 15 is 0 Å². The zero-order chi connectivity index (χ0) is 10.7. The lowest BCUT2D eigenvalue weighted by Crippen LogP contribution is -1.98. The van der Waals surface area contributed by atoms with Gasteiger partial charge in [0.25, 0.3) is 0 Å². The molecule has 2 aromatic rings. The first-order valence-corrected chi connectivity index (χ1v) is 4.78. The summed E-state index contributed by atoms with van der Waals surface area (Å²) in [6, 6.07) is 7.29. The summed E-state index contributed by atoms with van der Waals surface area (Å²) in [5, 5.41) is 9.22. The fourth-order valence-corrected chi connectivity index (χ4v) is 1.51. The summed E-state index contributed by atoms with van der Waals surface area (Å²) in [5.74, 6) is 0. The first kappa shape index (κ1) is 9.73. The van der Waals surface area contributed by atoms with Crippen molar-refractivity contribution in [2.24, 2.45) is 0 Å². The molecule has 0 bridgehead atoms. The van der Waals surface area contributed by atoms with E-state index in [-0.39, 0.29) is 5.05 Å². The largest absolute Gasteiger partial charge is 0.499 e. The average molecular weight is 216 g/mol. The molecule has 0 unspecified atom stereocenters. The van der Waals surface area contributed by atoms with Crippen LogP contribution < -0.4 is 0 Å². The summed E-state index contributed by atoms with van der Waals surface area (Å²) in [7, 11) is 0. The van der Waals surface area contributed by atoms with E-state index in [0.717, 1.165) is 5.56 Å². The summed E-state index contributed by atoms with van der Waals surface area (Å²) in [6.45, 7) is 0. The topological polar surface area (TPSA) is 46.0 Å². The predicted octanol–water partition coefficient (Wildman–Crippen LogP) is 2.38. The van der Waals surface area contributed by atoms with E-state index in [9.17, 15) is 5.11 Å². The van der Waals surface area contributed by atoms with Gasteiger partial charge in [-0.15, -0.1) is 0 Å². The summed E-state index contributed by atoms with van der Waals surface area (Å²) in [6.07, 6.45) is 4.84. The molecule has 0 saturated heterocycles. The van der Waals surface area contributed by atoms with Crippen molar-refractivity contribution in [3.05, 3.63) is 48.4 Å². The predicted molar refractivity (Wildman–Crippen MR) is 61.8 cm³/mol. The summed E-state index contributed by atoms with van der Waals surface area (Å²) >= 11 is 4.76. The Hall–Kier alpha value is -1.81. The fourth-order valence-electron chi connectivity index (χ4n) is 1.33. The number of hydrogen-bond donors (Lipinski definition) is 1. The third kappa shape index (κ3) is 1.99. The van der Waals surface area contributed by atoms with E-state index in [4.69, 9.17) is 12.2 Å². The van der Waals surface area contributed by atoms with Gasteiger partial charge in [0.05, 0.1) is 11.9 Å². The molecular weight excluding hydrogens is 208 g/mol. The van der Waals surface area contributed by atoms with Crippen molar-refractivity contribution in [3.63, 3.8) is 0 Å². The van der Waals surface area contributed by atoms with Crippen LogP contribution in [0.2, 0.25) is 0 Å². The van der Waals surface area contributed by atoms with Gasteiger partial charge in [0.1, 0.15) is 0 Å². The maximum atomic E-state index is 9.35. The molecule has 3 nitrogen and oxygen atoms in total. The van der Waals surface area contributed by atoms with Crippen molar-refractivity contribution in [1.82, 2.24) is 9.97 Å². The second kappa shape index (κ2) is 4.14. The highest BCUT2D eigenvalue weighted by Crippen LogP contribution is 2.20. The molecule has 0 amide bonds. The molecule has 0 aliphatic rings. The van der Waals surface area contributed by atoms with E-state index in [1.807, 2.05) is 18.2 Å². The molecule has 0 radical (unpaired) electrons. The molecule has 0 fully saturated rings. The second-order valence-corrected chi connectivity index (χ2v) is 3.33. The Morgan fingerprint density at radius 2 is 2.00 bits per heavy atom. The van der Waals surface area contributed by atoms with Crippen LogP contribution >= 0.6 is 12.2 Å². The third-order valence-corrected chi connectivity index (χ3v) is 2.22. The number of hydrogen-bond acceptors (Lipinski definition) is 3. The maximum Gasteiger partial charge on any atom is 0.189 e. The first-order valence-electron chi connectivity index (χ1n) is 4.38. The molecular formula is C11H8N2OS. The molecule has 4 heteroatoms. The van der Waals surface area contributed by atoms with Gasteiger partial charge in [-0.25, -0.2) is 0 Å². The molecule has 0 aliphatic heterocycles. The van der Waals surface area contributed by atoms with Gasteiger partial charge in [-0.2, -0.15) is 0 Å². The van der Waals surface area contributed by atoms with Gasteiger partial charge in [0.2, 0.25) is 0 Å². The summed E-state index contributed by atoms with van der Waals surface area (Å²) in [4.78, 5) is 8.13. The lowest BCUT2D eigenvalue weighted by molar-refractivity contribution is 0.571. The summed E-state index contributed by atoms with van der Waals surface area (Å²) in [5.41, 5.74) is 2.09. The monoisotopic (exact) mass is 216 g/mol. The highest BCUT2D eigenvalue weighted by molar-refractivity contribution is 7.80. The van der Waals surface area contributed by atoms with Crippen LogP contribution in [0.5, 0.6) is 0 Å². The van der Waals surface area contributed by atoms with Gasteiger partial charge >= 0.3 is 0 Å². The van der Waals surface area contributed by atoms with Gasteiger partial charge in [0, 0.05) is 23.5 Å². The second-order valence-electron chi connectivity index (χ2n) is 2.94. The van der Waals surface area contributed by atoms with Crippen LogP contribution in [-0.2, 0) is 0 Å². The Kier molecular flexibility index (Phi) is 2.69. The quantitative estimate of drug-likeness (QED) is 0.783. The standard InChI is InChI=1S/C11H8N2OS/c14-11(15)9-4-2-1-3-8(9)10-7-12-5-6-13-10/h1-7H,(H,14,15). The van der Waals surface area contributed by atoms with E-state index in [2.05, 4.69) is 9.97 Å². The van der Waals surface area contributed by atoms with Gasteiger partial charge < -0.3 is 5.11 Å². The van der Waals surface area contributed by atoms with E-state index in [1.165, 1.54) is 0 Å². The molecule has 74 valence electrons. The highest BCUT2D eigenvalue weighted by atomic mass is 32.1. The number of aliphatic hydroxyl groups is 1. The first-order chi connectivity index (χ1) is 7.29. The number of benzene rings is 1. The Morgan fingerprint density at radius 1 is 1.20 bits per heavy atom. The molecule has 1 heterocycles. The SMILES string of the molecule is OC(=S)c1ccccc1-c1cnccn1. The molecule has 0 aliphatic carbocycles. The number of nitrogens with zero attached hydrogens (tertiary/aromatic N) is 2.